The predicted molar refractivity (Wildman–Crippen MR) is 109 cm³/mol. The molecule has 0 unspecified atom stereocenters. The van der Waals surface area contributed by atoms with Crippen LogP contribution in [0.5, 0.6) is 0 Å². The third kappa shape index (κ3) is 3.56. The molecule has 3 rings (SSSR count). The number of hydrogen-bond donors (Lipinski definition) is 0. The van der Waals surface area contributed by atoms with Crippen molar-refractivity contribution in [2.75, 3.05) is 0 Å². The normalized spacial score (nSPS) is 11.4. The number of aromatic nitrogens is 4. The number of carbonyl (C=O) groups excluding carboxylic acids is 1. The maximum atomic E-state index is 13.0. The molecule has 10 nitrogen and oxygen atoms in total. The summed E-state index contributed by atoms with van der Waals surface area (Å²) < 4.78 is 3.87. The molecule has 2 aromatic heterocycles. The van der Waals surface area contributed by atoms with Gasteiger partial charge in [0.05, 0.1) is 17.0 Å². The third-order valence-electron chi connectivity index (χ3n) is 4.41. The molecule has 0 amide bonds. The Morgan fingerprint density at radius 3 is 2.62 bits per heavy atom. The summed E-state index contributed by atoms with van der Waals surface area (Å²) in [6.45, 7) is 1.53. The van der Waals surface area contributed by atoms with Gasteiger partial charge in [0.25, 0.3) is 11.2 Å². The molecule has 2 heterocycles. The Balaban J connectivity index is 2.18. The number of halogens is 1. The second kappa shape index (κ2) is 7.95. The van der Waals surface area contributed by atoms with Gasteiger partial charge in [0.2, 0.25) is 0 Å². The summed E-state index contributed by atoms with van der Waals surface area (Å²) in [6, 6.07) is 5.40. The predicted octanol–water partition coefficient (Wildman–Crippen LogP) is 2.03. The van der Waals surface area contributed by atoms with Crippen LogP contribution in [0.4, 0.5) is 5.69 Å². The van der Waals surface area contributed by atoms with Gasteiger partial charge >= 0.3 is 5.69 Å². The summed E-state index contributed by atoms with van der Waals surface area (Å²) in [6.07, 6.45) is 3.61. The number of benzene rings is 1. The topological polar surface area (TPSA) is 122 Å². The van der Waals surface area contributed by atoms with Gasteiger partial charge in [-0.15, -0.1) is 0 Å². The first kappa shape index (κ1) is 20.4. The molecule has 0 spiro atoms. The van der Waals surface area contributed by atoms with E-state index in [9.17, 15) is 24.5 Å². The third-order valence-corrected chi connectivity index (χ3v) is 5.02. The van der Waals surface area contributed by atoms with Crippen molar-refractivity contribution in [2.45, 2.75) is 20.0 Å². The first-order chi connectivity index (χ1) is 13.8. The fourth-order valence-electron chi connectivity index (χ4n) is 2.96. The number of carbonyl (C=O) groups is 1. The van der Waals surface area contributed by atoms with Crippen LogP contribution in [0.1, 0.15) is 17.3 Å². The average Bonchev–Trinajstić information content (AvgIpc) is 3.04. The second-order valence-electron chi connectivity index (χ2n) is 6.16. The number of para-hydroxylation sites is 1. The van der Waals surface area contributed by atoms with Crippen molar-refractivity contribution in [1.29, 1.82) is 0 Å². The Morgan fingerprint density at radius 2 is 1.97 bits per heavy atom. The number of hydrogen-bond acceptors (Lipinski definition) is 6. The molecule has 0 saturated heterocycles. The highest BCUT2D eigenvalue weighted by molar-refractivity contribution is 9.10. The van der Waals surface area contributed by atoms with Crippen molar-refractivity contribution < 1.29 is 9.72 Å². The first-order valence-corrected chi connectivity index (χ1v) is 9.30. The Morgan fingerprint density at radius 1 is 1.28 bits per heavy atom. The highest BCUT2D eigenvalue weighted by Crippen LogP contribution is 2.19. The van der Waals surface area contributed by atoms with Crippen molar-refractivity contribution >= 4 is 38.6 Å². The van der Waals surface area contributed by atoms with E-state index in [1.165, 1.54) is 35.9 Å². The van der Waals surface area contributed by atoms with Gasteiger partial charge in [0.1, 0.15) is 0 Å². The number of nitro benzene ring substituents is 1. The lowest BCUT2D eigenvalue weighted by atomic mass is 10.1. The summed E-state index contributed by atoms with van der Waals surface area (Å²) in [5.41, 5.74) is -1.67. The van der Waals surface area contributed by atoms with Crippen LogP contribution < -0.4 is 11.2 Å². The smallest absolute Gasteiger partial charge is 0.309 e. The number of imidazole rings is 1. The Hall–Kier alpha value is -3.34. The van der Waals surface area contributed by atoms with E-state index in [1.54, 1.807) is 16.7 Å². The van der Waals surface area contributed by atoms with Gasteiger partial charge in [-0.3, -0.25) is 28.8 Å². The van der Waals surface area contributed by atoms with Gasteiger partial charge in [0.15, 0.2) is 21.7 Å². The largest absolute Gasteiger partial charge is 0.332 e. The van der Waals surface area contributed by atoms with E-state index in [2.05, 4.69) is 20.9 Å². The van der Waals surface area contributed by atoms with Gasteiger partial charge in [0, 0.05) is 19.7 Å². The van der Waals surface area contributed by atoms with Gasteiger partial charge in [-0.25, -0.2) is 9.78 Å². The van der Waals surface area contributed by atoms with Crippen molar-refractivity contribution in [3.63, 3.8) is 0 Å². The molecular weight excluding hydrogens is 446 g/mol. The monoisotopic (exact) mass is 461 g/mol. The van der Waals surface area contributed by atoms with E-state index in [0.29, 0.717) is 11.3 Å². The summed E-state index contributed by atoms with van der Waals surface area (Å²) in [5, 5.41) is 11.2. The molecule has 0 aliphatic rings. The van der Waals surface area contributed by atoms with E-state index >= 15 is 0 Å². The van der Waals surface area contributed by atoms with E-state index in [1.807, 2.05) is 6.92 Å². The molecule has 11 heteroatoms. The number of nitro groups is 1. The highest BCUT2D eigenvalue weighted by Gasteiger charge is 2.23. The maximum absolute atomic E-state index is 13.0. The molecule has 0 saturated carbocycles. The lowest BCUT2D eigenvalue weighted by Gasteiger charge is -2.09. The SMILES string of the molecule is CC=CCn1c(Br)nc2c1c(=O)n(CC(=O)c1ccccc1[N+](=O)[O-])c(=O)n2C. The number of ketones is 1. The number of allylic oxidation sites excluding steroid dienone is 2. The molecule has 0 atom stereocenters. The van der Waals surface area contributed by atoms with Gasteiger partial charge < -0.3 is 4.57 Å². The molecule has 0 aliphatic heterocycles. The van der Waals surface area contributed by atoms with E-state index < -0.39 is 28.5 Å². The maximum Gasteiger partial charge on any atom is 0.332 e. The van der Waals surface area contributed by atoms with Crippen LogP contribution >= 0.6 is 15.9 Å². The molecule has 0 N–H and O–H groups in total. The fourth-order valence-corrected chi connectivity index (χ4v) is 3.45. The van der Waals surface area contributed by atoms with Crippen LogP contribution in [-0.2, 0) is 20.1 Å². The zero-order valence-electron chi connectivity index (χ0n) is 15.5. The summed E-state index contributed by atoms with van der Waals surface area (Å²) in [7, 11) is 1.44. The lowest BCUT2D eigenvalue weighted by Crippen LogP contribution is -2.41. The quantitative estimate of drug-likeness (QED) is 0.182. The minimum absolute atomic E-state index is 0.146. The van der Waals surface area contributed by atoms with Crippen LogP contribution in [0.25, 0.3) is 11.2 Å². The van der Waals surface area contributed by atoms with E-state index in [4.69, 9.17) is 0 Å². The minimum atomic E-state index is -0.738. The van der Waals surface area contributed by atoms with Crippen molar-refractivity contribution in [2.24, 2.45) is 7.05 Å². The molecule has 29 heavy (non-hydrogen) atoms. The van der Waals surface area contributed by atoms with Gasteiger partial charge in [-0.1, -0.05) is 24.3 Å². The molecule has 150 valence electrons. The molecular formula is C18H16BrN5O5. The van der Waals surface area contributed by atoms with E-state index in [-0.39, 0.29) is 22.4 Å². The van der Waals surface area contributed by atoms with Crippen LogP contribution in [-0.4, -0.2) is 29.4 Å². The standard InChI is InChI=1S/C18H16BrN5O5/c1-3-4-9-22-14-15(20-17(22)19)21(2)18(27)23(16(14)26)10-13(25)11-7-5-6-8-12(11)24(28)29/h3-8H,9-10H2,1-2H3. The fraction of sp³-hybridized carbons (Fsp3) is 0.222. The number of fused-ring (bicyclic) bond motifs is 1. The zero-order valence-corrected chi connectivity index (χ0v) is 17.1. The molecule has 3 aromatic rings. The van der Waals surface area contributed by atoms with Crippen LogP contribution in [0.15, 0.2) is 50.7 Å². The second-order valence-corrected chi connectivity index (χ2v) is 6.87. The number of aryl methyl sites for hydroxylation is 1. The van der Waals surface area contributed by atoms with Crippen LogP contribution in [0.2, 0.25) is 0 Å². The molecule has 1 aromatic carbocycles. The Bertz CT molecular complexity index is 1280. The van der Waals surface area contributed by atoms with Crippen LogP contribution in [0, 0.1) is 10.1 Å². The minimum Gasteiger partial charge on any atom is -0.309 e. The lowest BCUT2D eigenvalue weighted by molar-refractivity contribution is -0.385. The van der Waals surface area contributed by atoms with Gasteiger partial charge in [-0.05, 0) is 28.9 Å². The highest BCUT2D eigenvalue weighted by atomic mass is 79.9. The van der Waals surface area contributed by atoms with Gasteiger partial charge in [-0.2, -0.15) is 0 Å². The summed E-state index contributed by atoms with van der Waals surface area (Å²) in [4.78, 5) is 53.2. The average molecular weight is 462 g/mol. The summed E-state index contributed by atoms with van der Waals surface area (Å²) in [5.74, 6) is -0.713. The summed E-state index contributed by atoms with van der Waals surface area (Å²) >= 11 is 3.28. The number of nitrogens with zero attached hydrogens (tertiary/aromatic N) is 5. The zero-order chi connectivity index (χ0) is 21.3. The molecule has 0 aliphatic carbocycles. The Kier molecular flexibility index (Phi) is 5.59. The van der Waals surface area contributed by atoms with Crippen molar-refractivity contribution in [3.8, 4) is 0 Å². The first-order valence-electron chi connectivity index (χ1n) is 8.51. The van der Waals surface area contributed by atoms with Crippen molar-refractivity contribution in [1.82, 2.24) is 18.7 Å². The van der Waals surface area contributed by atoms with Crippen LogP contribution in [0.3, 0.4) is 0 Å². The number of Topliss-reactive ketones (excluding diaryl/α,β-unsaturated/α-hetero) is 1. The molecule has 0 fully saturated rings. The number of rotatable bonds is 6. The Labute approximate surface area is 172 Å². The molecule has 0 radical (unpaired) electrons. The van der Waals surface area contributed by atoms with E-state index in [0.717, 1.165) is 4.57 Å². The van der Waals surface area contributed by atoms with Crippen molar-refractivity contribution in [3.05, 3.63) is 77.7 Å². The molecule has 0 bridgehead atoms.